The van der Waals surface area contributed by atoms with Crippen molar-refractivity contribution in [2.75, 3.05) is 0 Å². The Labute approximate surface area is 114 Å². The number of pyridine rings is 1. The van der Waals surface area contributed by atoms with E-state index >= 15 is 0 Å². The average Bonchev–Trinajstić information content (AvgIpc) is 2.46. The number of hydrogen-bond donors (Lipinski definition) is 1. The van der Waals surface area contributed by atoms with Gasteiger partial charge in [-0.2, -0.15) is 0 Å². The molecule has 3 nitrogen and oxygen atoms in total. The summed E-state index contributed by atoms with van der Waals surface area (Å²) < 4.78 is 13.3. The number of halogens is 1. The van der Waals surface area contributed by atoms with Gasteiger partial charge in [0.1, 0.15) is 5.82 Å². The van der Waals surface area contributed by atoms with Crippen molar-refractivity contribution in [1.82, 2.24) is 4.98 Å². The predicted molar refractivity (Wildman–Crippen MR) is 74.1 cm³/mol. The van der Waals surface area contributed by atoms with Gasteiger partial charge in [0.25, 0.3) is 0 Å². The molecule has 0 aliphatic heterocycles. The van der Waals surface area contributed by atoms with E-state index in [1.165, 1.54) is 12.1 Å². The summed E-state index contributed by atoms with van der Waals surface area (Å²) >= 11 is 0. The van der Waals surface area contributed by atoms with Crippen LogP contribution in [0.4, 0.5) is 4.39 Å². The highest BCUT2D eigenvalue weighted by Gasteiger charge is 2.15. The highest BCUT2D eigenvalue weighted by Crippen LogP contribution is 2.30. The van der Waals surface area contributed by atoms with Gasteiger partial charge in [0.15, 0.2) is 0 Å². The van der Waals surface area contributed by atoms with Crippen molar-refractivity contribution in [3.05, 3.63) is 66.2 Å². The van der Waals surface area contributed by atoms with Crippen LogP contribution in [0.25, 0.3) is 21.9 Å². The molecule has 1 heterocycles. The van der Waals surface area contributed by atoms with E-state index in [0.29, 0.717) is 11.1 Å². The van der Waals surface area contributed by atoms with Crippen molar-refractivity contribution in [1.29, 1.82) is 0 Å². The number of carboxylic acid groups (broad SMARTS) is 1. The summed E-state index contributed by atoms with van der Waals surface area (Å²) in [5.41, 5.74) is 1.08. The molecule has 0 saturated heterocycles. The molecule has 4 heteroatoms. The van der Waals surface area contributed by atoms with E-state index in [-0.39, 0.29) is 5.56 Å². The van der Waals surface area contributed by atoms with E-state index < -0.39 is 11.8 Å². The Kier molecular flexibility index (Phi) is 2.91. The number of rotatable bonds is 2. The number of hydrogen-bond acceptors (Lipinski definition) is 2. The molecule has 0 atom stereocenters. The lowest BCUT2D eigenvalue weighted by Gasteiger charge is -2.09. The minimum Gasteiger partial charge on any atom is -0.478 e. The number of aromatic carboxylic acids is 1. The second-order valence-corrected chi connectivity index (χ2v) is 4.40. The molecule has 1 N–H and O–H groups in total. The number of carboxylic acids is 1. The summed E-state index contributed by atoms with van der Waals surface area (Å²) in [5, 5.41) is 11.0. The second kappa shape index (κ2) is 4.74. The molecule has 0 saturated carbocycles. The Morgan fingerprint density at radius 1 is 1.05 bits per heavy atom. The zero-order chi connectivity index (χ0) is 14.1. The van der Waals surface area contributed by atoms with Gasteiger partial charge in [0.05, 0.1) is 5.56 Å². The van der Waals surface area contributed by atoms with Crippen molar-refractivity contribution in [2.24, 2.45) is 0 Å². The fraction of sp³-hybridized carbons (Fsp3) is 0. The van der Waals surface area contributed by atoms with Gasteiger partial charge in [-0.05, 0) is 23.1 Å². The van der Waals surface area contributed by atoms with Gasteiger partial charge >= 0.3 is 5.97 Å². The normalized spacial score (nSPS) is 10.7. The van der Waals surface area contributed by atoms with Crippen LogP contribution in [0.2, 0.25) is 0 Å². The van der Waals surface area contributed by atoms with E-state index in [0.717, 1.165) is 16.8 Å². The summed E-state index contributed by atoms with van der Waals surface area (Å²) in [6.45, 7) is 0. The van der Waals surface area contributed by atoms with Crippen LogP contribution in [0.3, 0.4) is 0 Å². The lowest BCUT2D eigenvalue weighted by Crippen LogP contribution is -2.01. The first kappa shape index (κ1) is 12.3. The Morgan fingerprint density at radius 3 is 2.65 bits per heavy atom. The van der Waals surface area contributed by atoms with E-state index in [1.54, 1.807) is 12.4 Å². The fourth-order valence-electron chi connectivity index (χ4n) is 2.26. The highest BCUT2D eigenvalue weighted by atomic mass is 19.1. The van der Waals surface area contributed by atoms with Crippen LogP contribution in [-0.2, 0) is 0 Å². The lowest BCUT2D eigenvalue weighted by molar-refractivity contribution is 0.0697. The van der Waals surface area contributed by atoms with Crippen LogP contribution in [0, 0.1) is 5.82 Å². The van der Waals surface area contributed by atoms with Crippen molar-refractivity contribution in [3.63, 3.8) is 0 Å². The van der Waals surface area contributed by atoms with E-state index in [2.05, 4.69) is 4.98 Å². The number of nitrogens with zero attached hydrogens (tertiary/aromatic N) is 1. The lowest BCUT2D eigenvalue weighted by atomic mass is 9.96. The first-order chi connectivity index (χ1) is 9.66. The number of fused-ring (bicyclic) bond motifs is 1. The summed E-state index contributed by atoms with van der Waals surface area (Å²) in [6, 6.07) is 11.3. The maximum atomic E-state index is 13.3. The van der Waals surface area contributed by atoms with Crippen LogP contribution in [0.5, 0.6) is 0 Å². The zero-order valence-electron chi connectivity index (χ0n) is 10.4. The van der Waals surface area contributed by atoms with Crippen LogP contribution in [0.15, 0.2) is 54.9 Å². The first-order valence-corrected chi connectivity index (χ1v) is 6.03. The van der Waals surface area contributed by atoms with E-state index in [4.69, 9.17) is 0 Å². The SMILES string of the molecule is O=C(O)c1cc(F)ccc1-c1cncc2ccccc12. The van der Waals surface area contributed by atoms with Crippen molar-refractivity contribution in [2.45, 2.75) is 0 Å². The zero-order valence-corrected chi connectivity index (χ0v) is 10.4. The Hall–Kier alpha value is -2.75. The monoisotopic (exact) mass is 267 g/mol. The van der Waals surface area contributed by atoms with E-state index in [1.807, 2.05) is 24.3 Å². The summed E-state index contributed by atoms with van der Waals surface area (Å²) in [5.74, 6) is -1.73. The minimum atomic E-state index is -1.16. The van der Waals surface area contributed by atoms with Gasteiger partial charge in [-0.25, -0.2) is 9.18 Å². The Balaban J connectivity index is 2.34. The van der Waals surface area contributed by atoms with Gasteiger partial charge in [-0.1, -0.05) is 30.3 Å². The molecular formula is C16H10FNO2. The van der Waals surface area contributed by atoms with Gasteiger partial charge < -0.3 is 5.11 Å². The predicted octanol–water partition coefficient (Wildman–Crippen LogP) is 3.74. The smallest absolute Gasteiger partial charge is 0.336 e. The van der Waals surface area contributed by atoms with Crippen molar-refractivity contribution < 1.29 is 14.3 Å². The third-order valence-corrected chi connectivity index (χ3v) is 3.17. The molecular weight excluding hydrogens is 257 g/mol. The van der Waals surface area contributed by atoms with Gasteiger partial charge in [-0.3, -0.25) is 4.98 Å². The average molecular weight is 267 g/mol. The molecule has 0 bridgehead atoms. The summed E-state index contributed by atoms with van der Waals surface area (Å²) in [7, 11) is 0. The third-order valence-electron chi connectivity index (χ3n) is 3.17. The number of carbonyl (C=O) groups is 1. The maximum absolute atomic E-state index is 13.3. The molecule has 0 aliphatic rings. The van der Waals surface area contributed by atoms with Gasteiger partial charge in [0.2, 0.25) is 0 Å². The van der Waals surface area contributed by atoms with Crippen LogP contribution >= 0.6 is 0 Å². The molecule has 0 amide bonds. The van der Waals surface area contributed by atoms with Crippen LogP contribution in [-0.4, -0.2) is 16.1 Å². The van der Waals surface area contributed by atoms with Crippen LogP contribution in [0.1, 0.15) is 10.4 Å². The first-order valence-electron chi connectivity index (χ1n) is 6.03. The molecule has 0 aliphatic carbocycles. The molecule has 0 spiro atoms. The molecule has 2 aromatic carbocycles. The maximum Gasteiger partial charge on any atom is 0.336 e. The minimum absolute atomic E-state index is 0.0665. The standard InChI is InChI=1S/C16H10FNO2/c17-11-5-6-13(14(7-11)16(19)20)15-9-18-8-10-3-1-2-4-12(10)15/h1-9H,(H,19,20). The van der Waals surface area contributed by atoms with Crippen molar-refractivity contribution in [3.8, 4) is 11.1 Å². The summed E-state index contributed by atoms with van der Waals surface area (Å²) in [4.78, 5) is 15.4. The Morgan fingerprint density at radius 2 is 1.85 bits per heavy atom. The molecule has 1 aromatic heterocycles. The third kappa shape index (κ3) is 2.01. The highest BCUT2D eigenvalue weighted by molar-refractivity contribution is 6.03. The topological polar surface area (TPSA) is 50.2 Å². The summed E-state index contributed by atoms with van der Waals surface area (Å²) in [6.07, 6.45) is 3.31. The number of aromatic nitrogens is 1. The van der Waals surface area contributed by atoms with Crippen LogP contribution < -0.4 is 0 Å². The Bertz CT molecular complexity index is 809. The molecule has 0 fully saturated rings. The molecule has 3 aromatic rings. The second-order valence-electron chi connectivity index (χ2n) is 4.40. The molecule has 98 valence electrons. The van der Waals surface area contributed by atoms with Gasteiger partial charge in [0, 0.05) is 23.3 Å². The van der Waals surface area contributed by atoms with Crippen molar-refractivity contribution >= 4 is 16.7 Å². The molecule has 0 unspecified atom stereocenters. The quantitative estimate of drug-likeness (QED) is 0.769. The molecule has 0 radical (unpaired) electrons. The molecule has 20 heavy (non-hydrogen) atoms. The van der Waals surface area contributed by atoms with Gasteiger partial charge in [-0.15, -0.1) is 0 Å². The fourth-order valence-corrected chi connectivity index (χ4v) is 2.26. The number of benzene rings is 2. The largest absolute Gasteiger partial charge is 0.478 e. The van der Waals surface area contributed by atoms with E-state index in [9.17, 15) is 14.3 Å². The molecule has 3 rings (SSSR count).